The molecule has 2 heteroatoms. The van der Waals surface area contributed by atoms with E-state index in [-0.39, 0.29) is 0 Å². The number of alkyl halides is 2. The molecule has 0 N–H and O–H groups in total. The van der Waals surface area contributed by atoms with Gasteiger partial charge < -0.3 is 0 Å². The van der Waals surface area contributed by atoms with E-state index in [4.69, 9.17) is 0 Å². The Hall–Kier alpha value is 1.20. The Labute approximate surface area is 78.4 Å². The zero-order valence-electron chi connectivity index (χ0n) is 5.17. The van der Waals surface area contributed by atoms with Gasteiger partial charge >= 0.3 is 0 Å². The maximum absolute atomic E-state index is 2.39. The predicted molar refractivity (Wildman–Crippen MR) is 56.1 cm³/mol. The van der Waals surface area contributed by atoms with Crippen LogP contribution in [0.25, 0.3) is 0 Å². The lowest BCUT2D eigenvalue weighted by atomic mass is 10.2. The van der Waals surface area contributed by atoms with Crippen molar-refractivity contribution < 1.29 is 0 Å². The van der Waals surface area contributed by atoms with Gasteiger partial charge in [0.1, 0.15) is 0 Å². The third-order valence-corrected chi connectivity index (χ3v) is 3.42. The zero-order chi connectivity index (χ0) is 6.57. The van der Waals surface area contributed by atoms with Gasteiger partial charge in [0.2, 0.25) is 0 Å². The van der Waals surface area contributed by atoms with E-state index in [2.05, 4.69) is 59.0 Å². The Morgan fingerprint density at radius 3 is 1.38 bits per heavy atom. The summed E-state index contributed by atoms with van der Waals surface area (Å²) in [5, 5.41) is 0. The monoisotopic (exact) mass is 336 g/mol. The fourth-order valence-corrected chi connectivity index (χ4v) is 1.53. The van der Waals surface area contributed by atoms with Crippen LogP contribution >= 0.6 is 45.2 Å². The molecule has 0 aliphatic rings. The molecule has 0 nitrogen and oxygen atoms in total. The van der Waals surface area contributed by atoms with E-state index in [9.17, 15) is 0 Å². The molecular formula is C6H10I2. The molecule has 48 valence electrons. The fraction of sp³-hybridized carbons (Fsp3) is 0.667. The molecule has 0 aliphatic carbocycles. The maximum Gasteiger partial charge on any atom is 0.0205 e. The van der Waals surface area contributed by atoms with Gasteiger partial charge in [0.25, 0.3) is 0 Å². The quantitative estimate of drug-likeness (QED) is 0.413. The Kier molecular flexibility index (Phi) is 5.78. The first-order valence-corrected chi connectivity index (χ1v) is 5.54. The SMILES string of the molecule is C/C(CI)=C(/C)CI. The first kappa shape index (κ1) is 9.20. The van der Waals surface area contributed by atoms with Gasteiger partial charge in [-0.15, -0.1) is 0 Å². The smallest absolute Gasteiger partial charge is 0.0205 e. The highest BCUT2D eigenvalue weighted by Gasteiger charge is 1.90. The minimum atomic E-state index is 1.17. The number of allylic oxidation sites excluding steroid dienone is 2. The van der Waals surface area contributed by atoms with E-state index in [1.807, 2.05) is 0 Å². The first-order chi connectivity index (χ1) is 3.72. The molecule has 8 heavy (non-hydrogen) atoms. The highest BCUT2D eigenvalue weighted by molar-refractivity contribution is 14.1. The van der Waals surface area contributed by atoms with Crippen molar-refractivity contribution in [1.29, 1.82) is 0 Å². The van der Waals surface area contributed by atoms with Gasteiger partial charge in [-0.3, -0.25) is 0 Å². The summed E-state index contributed by atoms with van der Waals surface area (Å²) in [7, 11) is 0. The van der Waals surface area contributed by atoms with Gasteiger partial charge in [0.15, 0.2) is 0 Å². The number of hydrogen-bond donors (Lipinski definition) is 0. The molecule has 0 unspecified atom stereocenters. The van der Waals surface area contributed by atoms with Crippen molar-refractivity contribution in [3.8, 4) is 0 Å². The Morgan fingerprint density at radius 2 is 1.25 bits per heavy atom. The Balaban J connectivity index is 3.83. The molecule has 0 saturated carbocycles. The van der Waals surface area contributed by atoms with Gasteiger partial charge in [0, 0.05) is 8.86 Å². The summed E-state index contributed by atoms with van der Waals surface area (Å²) < 4.78 is 2.35. The van der Waals surface area contributed by atoms with E-state index < -0.39 is 0 Å². The van der Waals surface area contributed by atoms with Crippen molar-refractivity contribution in [1.82, 2.24) is 0 Å². The van der Waals surface area contributed by atoms with Crippen LogP contribution in [-0.2, 0) is 0 Å². The van der Waals surface area contributed by atoms with Crippen molar-refractivity contribution in [3.63, 3.8) is 0 Å². The third kappa shape index (κ3) is 3.27. The van der Waals surface area contributed by atoms with E-state index in [1.165, 1.54) is 20.0 Å². The highest BCUT2D eigenvalue weighted by Crippen LogP contribution is 2.08. The van der Waals surface area contributed by atoms with Crippen molar-refractivity contribution in [2.45, 2.75) is 13.8 Å². The van der Waals surface area contributed by atoms with Crippen LogP contribution in [0.2, 0.25) is 0 Å². The molecule has 0 bridgehead atoms. The molecule has 0 atom stereocenters. The molecule has 0 saturated heterocycles. The van der Waals surface area contributed by atoms with Crippen molar-refractivity contribution in [2.75, 3.05) is 8.86 Å². The van der Waals surface area contributed by atoms with Crippen LogP contribution in [0.3, 0.4) is 0 Å². The molecule has 0 aliphatic heterocycles. The summed E-state index contributed by atoms with van der Waals surface area (Å²) in [4.78, 5) is 0. The Bertz CT molecular complexity index is 82.7. The summed E-state index contributed by atoms with van der Waals surface area (Å²) in [5.41, 5.74) is 3.06. The van der Waals surface area contributed by atoms with Crippen LogP contribution in [-0.4, -0.2) is 8.86 Å². The number of rotatable bonds is 2. The maximum atomic E-state index is 2.39. The first-order valence-electron chi connectivity index (χ1n) is 2.49. The summed E-state index contributed by atoms with van der Waals surface area (Å²) in [6.07, 6.45) is 0. The van der Waals surface area contributed by atoms with Crippen LogP contribution in [0.1, 0.15) is 13.8 Å². The van der Waals surface area contributed by atoms with Crippen LogP contribution in [0.4, 0.5) is 0 Å². The zero-order valence-corrected chi connectivity index (χ0v) is 9.49. The summed E-state index contributed by atoms with van der Waals surface area (Å²) in [6, 6.07) is 0. The van der Waals surface area contributed by atoms with E-state index >= 15 is 0 Å². The molecular weight excluding hydrogens is 326 g/mol. The highest BCUT2D eigenvalue weighted by atomic mass is 127. The fourth-order valence-electron chi connectivity index (χ4n) is 0.228. The molecule has 0 radical (unpaired) electrons. The topological polar surface area (TPSA) is 0 Å². The normalized spacial score (nSPS) is 13.5. The largest absolute Gasteiger partial charge is 0.0816 e. The summed E-state index contributed by atoms with van der Waals surface area (Å²) >= 11 is 4.78. The molecule has 0 aromatic rings. The van der Waals surface area contributed by atoms with Crippen molar-refractivity contribution >= 4 is 45.2 Å². The van der Waals surface area contributed by atoms with E-state index in [0.717, 1.165) is 0 Å². The van der Waals surface area contributed by atoms with Crippen LogP contribution < -0.4 is 0 Å². The molecule has 0 heterocycles. The lowest BCUT2D eigenvalue weighted by Crippen LogP contribution is -1.84. The second kappa shape index (κ2) is 5.02. The van der Waals surface area contributed by atoms with Gasteiger partial charge in [0.05, 0.1) is 0 Å². The van der Waals surface area contributed by atoms with Gasteiger partial charge in [-0.05, 0) is 13.8 Å². The van der Waals surface area contributed by atoms with Crippen LogP contribution in [0, 0.1) is 0 Å². The lowest BCUT2D eigenvalue weighted by Gasteiger charge is -1.97. The number of halogens is 2. The molecule has 0 aromatic carbocycles. The minimum absolute atomic E-state index is 1.17. The lowest BCUT2D eigenvalue weighted by molar-refractivity contribution is 1.28. The average Bonchev–Trinajstić information content (AvgIpc) is 1.84. The molecule has 0 spiro atoms. The third-order valence-electron chi connectivity index (χ3n) is 1.13. The molecule has 0 amide bonds. The van der Waals surface area contributed by atoms with Crippen LogP contribution in [0.15, 0.2) is 11.1 Å². The second-order valence-corrected chi connectivity index (χ2v) is 3.35. The van der Waals surface area contributed by atoms with E-state index in [1.54, 1.807) is 0 Å². The second-order valence-electron chi connectivity index (χ2n) is 1.83. The summed E-state index contributed by atoms with van der Waals surface area (Å²) in [5.74, 6) is 0. The van der Waals surface area contributed by atoms with E-state index in [0.29, 0.717) is 0 Å². The summed E-state index contributed by atoms with van der Waals surface area (Å²) in [6.45, 7) is 4.39. The predicted octanol–water partition coefficient (Wildman–Crippen LogP) is 3.19. The molecule has 0 fully saturated rings. The standard InChI is InChI=1S/C6H10I2/c1-5(3-7)6(2)4-8/h3-4H2,1-2H3/b6-5+. The van der Waals surface area contributed by atoms with Gasteiger partial charge in [-0.1, -0.05) is 56.3 Å². The van der Waals surface area contributed by atoms with Gasteiger partial charge in [-0.25, -0.2) is 0 Å². The molecule has 0 aromatic heterocycles. The van der Waals surface area contributed by atoms with Crippen molar-refractivity contribution in [3.05, 3.63) is 11.1 Å². The average molecular weight is 336 g/mol. The molecule has 0 rings (SSSR count). The van der Waals surface area contributed by atoms with Gasteiger partial charge in [-0.2, -0.15) is 0 Å². The Morgan fingerprint density at radius 1 is 1.00 bits per heavy atom. The number of hydrogen-bond acceptors (Lipinski definition) is 0. The van der Waals surface area contributed by atoms with Crippen LogP contribution in [0.5, 0.6) is 0 Å². The minimum Gasteiger partial charge on any atom is -0.0816 e. The van der Waals surface area contributed by atoms with Crippen molar-refractivity contribution in [2.24, 2.45) is 0 Å².